The Morgan fingerprint density at radius 1 is 1.29 bits per heavy atom. The predicted octanol–water partition coefficient (Wildman–Crippen LogP) is 3.53. The van der Waals surface area contributed by atoms with Gasteiger partial charge >= 0.3 is 0 Å². The van der Waals surface area contributed by atoms with Crippen LogP contribution in [0.1, 0.15) is 38.3 Å². The van der Waals surface area contributed by atoms with Crippen molar-refractivity contribution in [2.24, 2.45) is 0 Å². The van der Waals surface area contributed by atoms with Crippen LogP contribution in [0.4, 0.5) is 5.69 Å². The van der Waals surface area contributed by atoms with Crippen molar-refractivity contribution in [1.29, 1.82) is 0 Å². The number of benzene rings is 1. The number of hydrogen-bond acceptors (Lipinski definition) is 3. The predicted molar refractivity (Wildman–Crippen MR) is 89.9 cm³/mol. The van der Waals surface area contributed by atoms with E-state index < -0.39 is 0 Å². The lowest BCUT2D eigenvalue weighted by atomic mass is 10.00. The van der Waals surface area contributed by atoms with E-state index >= 15 is 0 Å². The van der Waals surface area contributed by atoms with Crippen LogP contribution in [0.2, 0.25) is 0 Å². The standard InChI is InChI=1S/C18H28N2O/c1-4-17(19-5-2)16-8-6-7-9-18(16)20-12-10-15(11-13-20)14-21-3/h6-10,17,19H,4-5,11-14H2,1-3H3. The molecule has 3 nitrogen and oxygen atoms in total. The van der Waals surface area contributed by atoms with Crippen molar-refractivity contribution in [2.45, 2.75) is 32.7 Å². The minimum atomic E-state index is 0.440. The van der Waals surface area contributed by atoms with Gasteiger partial charge in [0.2, 0.25) is 0 Å². The van der Waals surface area contributed by atoms with E-state index in [-0.39, 0.29) is 0 Å². The maximum absolute atomic E-state index is 5.24. The van der Waals surface area contributed by atoms with Gasteiger partial charge < -0.3 is 15.0 Å². The fourth-order valence-corrected chi connectivity index (χ4v) is 3.04. The van der Waals surface area contributed by atoms with Crippen LogP contribution in [-0.2, 0) is 4.74 Å². The molecule has 0 fully saturated rings. The molecule has 21 heavy (non-hydrogen) atoms. The van der Waals surface area contributed by atoms with Crippen LogP contribution in [-0.4, -0.2) is 33.4 Å². The Bertz CT molecular complexity index is 470. The third-order valence-electron chi connectivity index (χ3n) is 4.14. The number of rotatable bonds is 7. The molecule has 0 radical (unpaired) electrons. The molecular weight excluding hydrogens is 260 g/mol. The molecule has 0 saturated heterocycles. The molecule has 3 heteroatoms. The first-order valence-electron chi connectivity index (χ1n) is 8.04. The molecule has 1 unspecified atom stereocenters. The highest BCUT2D eigenvalue weighted by Gasteiger charge is 2.18. The summed E-state index contributed by atoms with van der Waals surface area (Å²) in [6.45, 7) is 8.26. The summed E-state index contributed by atoms with van der Waals surface area (Å²) in [5.74, 6) is 0. The van der Waals surface area contributed by atoms with E-state index in [1.807, 2.05) is 0 Å². The van der Waals surface area contributed by atoms with Gasteiger partial charge in [0, 0.05) is 31.9 Å². The monoisotopic (exact) mass is 288 g/mol. The lowest BCUT2D eigenvalue weighted by Crippen LogP contribution is -2.31. The second-order valence-corrected chi connectivity index (χ2v) is 5.57. The van der Waals surface area contributed by atoms with Crippen molar-refractivity contribution < 1.29 is 4.74 Å². The van der Waals surface area contributed by atoms with Crippen LogP contribution < -0.4 is 10.2 Å². The van der Waals surface area contributed by atoms with Gasteiger partial charge in [0.05, 0.1) is 6.61 Å². The minimum absolute atomic E-state index is 0.440. The molecule has 0 amide bonds. The van der Waals surface area contributed by atoms with Gasteiger partial charge in [-0.1, -0.05) is 38.1 Å². The Balaban J connectivity index is 2.17. The van der Waals surface area contributed by atoms with Gasteiger partial charge in [0.1, 0.15) is 0 Å². The van der Waals surface area contributed by atoms with Gasteiger partial charge in [-0.2, -0.15) is 0 Å². The average Bonchev–Trinajstić information content (AvgIpc) is 2.54. The quantitative estimate of drug-likeness (QED) is 0.777. The van der Waals surface area contributed by atoms with E-state index in [1.54, 1.807) is 7.11 Å². The molecule has 0 spiro atoms. The first-order valence-corrected chi connectivity index (χ1v) is 8.04. The summed E-state index contributed by atoms with van der Waals surface area (Å²) in [4.78, 5) is 2.48. The smallest absolute Gasteiger partial charge is 0.0674 e. The number of nitrogens with one attached hydrogen (secondary N) is 1. The van der Waals surface area contributed by atoms with Crippen molar-refractivity contribution in [3.63, 3.8) is 0 Å². The van der Waals surface area contributed by atoms with E-state index in [0.29, 0.717) is 6.04 Å². The third-order valence-corrected chi connectivity index (χ3v) is 4.14. The van der Waals surface area contributed by atoms with E-state index in [2.05, 4.69) is 54.4 Å². The van der Waals surface area contributed by atoms with Gasteiger partial charge in [-0.25, -0.2) is 0 Å². The Morgan fingerprint density at radius 2 is 2.10 bits per heavy atom. The summed E-state index contributed by atoms with van der Waals surface area (Å²) in [6.07, 6.45) is 4.53. The third kappa shape index (κ3) is 4.08. The highest BCUT2D eigenvalue weighted by molar-refractivity contribution is 5.56. The number of hydrogen-bond donors (Lipinski definition) is 1. The Morgan fingerprint density at radius 3 is 2.71 bits per heavy atom. The number of para-hydroxylation sites is 1. The molecule has 1 aromatic carbocycles. The number of ether oxygens (including phenoxy) is 1. The molecule has 1 atom stereocenters. The molecule has 0 saturated carbocycles. The van der Waals surface area contributed by atoms with E-state index in [4.69, 9.17) is 4.74 Å². The van der Waals surface area contributed by atoms with Crippen molar-refractivity contribution in [3.05, 3.63) is 41.5 Å². The van der Waals surface area contributed by atoms with Crippen LogP contribution in [0.3, 0.4) is 0 Å². The molecular formula is C18H28N2O. The van der Waals surface area contributed by atoms with Crippen LogP contribution in [0.15, 0.2) is 35.9 Å². The zero-order chi connectivity index (χ0) is 15.1. The Hall–Kier alpha value is -1.32. The summed E-state index contributed by atoms with van der Waals surface area (Å²) in [5, 5.41) is 3.60. The second kappa shape index (κ2) is 8.20. The average molecular weight is 288 g/mol. The summed E-state index contributed by atoms with van der Waals surface area (Å²) in [6, 6.07) is 9.25. The Labute approximate surface area is 129 Å². The van der Waals surface area contributed by atoms with Gasteiger partial charge in [0.15, 0.2) is 0 Å². The zero-order valence-corrected chi connectivity index (χ0v) is 13.6. The van der Waals surface area contributed by atoms with Crippen LogP contribution in [0.25, 0.3) is 0 Å². The van der Waals surface area contributed by atoms with E-state index in [0.717, 1.165) is 39.1 Å². The maximum atomic E-state index is 5.24. The maximum Gasteiger partial charge on any atom is 0.0674 e. The fraction of sp³-hybridized carbons (Fsp3) is 0.556. The van der Waals surface area contributed by atoms with Crippen LogP contribution in [0.5, 0.6) is 0 Å². The number of anilines is 1. The van der Waals surface area contributed by atoms with Crippen molar-refractivity contribution in [1.82, 2.24) is 5.32 Å². The van der Waals surface area contributed by atoms with Crippen LogP contribution >= 0.6 is 0 Å². The molecule has 116 valence electrons. The van der Waals surface area contributed by atoms with Crippen molar-refractivity contribution in [2.75, 3.05) is 38.3 Å². The highest BCUT2D eigenvalue weighted by atomic mass is 16.5. The first-order chi connectivity index (χ1) is 10.3. The summed E-state index contributed by atoms with van der Waals surface area (Å²) in [7, 11) is 1.77. The van der Waals surface area contributed by atoms with Gasteiger partial charge in [0.25, 0.3) is 0 Å². The topological polar surface area (TPSA) is 24.5 Å². The number of methoxy groups -OCH3 is 1. The zero-order valence-electron chi connectivity index (χ0n) is 13.6. The molecule has 1 N–H and O–H groups in total. The molecule has 1 aromatic rings. The van der Waals surface area contributed by atoms with Gasteiger partial charge in [-0.15, -0.1) is 0 Å². The largest absolute Gasteiger partial charge is 0.380 e. The molecule has 2 rings (SSSR count). The first kappa shape index (κ1) is 16.1. The van der Waals surface area contributed by atoms with Crippen LogP contribution in [0, 0.1) is 0 Å². The van der Waals surface area contributed by atoms with E-state index in [1.165, 1.54) is 16.8 Å². The molecule has 0 aromatic heterocycles. The van der Waals surface area contributed by atoms with Gasteiger partial charge in [-0.3, -0.25) is 0 Å². The molecule has 1 aliphatic heterocycles. The summed E-state index contributed by atoms with van der Waals surface area (Å²) < 4.78 is 5.24. The van der Waals surface area contributed by atoms with Crippen molar-refractivity contribution in [3.8, 4) is 0 Å². The molecule has 0 bridgehead atoms. The lowest BCUT2D eigenvalue weighted by molar-refractivity contribution is 0.222. The Kier molecular flexibility index (Phi) is 6.27. The summed E-state index contributed by atoms with van der Waals surface area (Å²) in [5.41, 5.74) is 4.22. The molecule has 0 aliphatic carbocycles. The normalized spacial score (nSPS) is 16.7. The second-order valence-electron chi connectivity index (χ2n) is 5.57. The summed E-state index contributed by atoms with van der Waals surface area (Å²) >= 11 is 0. The molecule has 1 aliphatic rings. The highest BCUT2D eigenvalue weighted by Crippen LogP contribution is 2.30. The van der Waals surface area contributed by atoms with E-state index in [9.17, 15) is 0 Å². The fourth-order valence-electron chi connectivity index (χ4n) is 3.04. The van der Waals surface area contributed by atoms with Crippen molar-refractivity contribution >= 4 is 5.69 Å². The SMILES string of the molecule is CCNC(CC)c1ccccc1N1CC=C(COC)CC1. The molecule has 1 heterocycles. The minimum Gasteiger partial charge on any atom is -0.380 e. The van der Waals surface area contributed by atoms with Gasteiger partial charge in [-0.05, 0) is 36.6 Å². The number of nitrogens with zero attached hydrogens (tertiary/aromatic N) is 1. The lowest BCUT2D eigenvalue weighted by Gasteiger charge is -2.32.